The number of hydrogen-bond donors (Lipinski definition) is 2. The van der Waals surface area contributed by atoms with Crippen LogP contribution in [0, 0.1) is 6.92 Å². The molecule has 2 atom stereocenters. The predicted molar refractivity (Wildman–Crippen MR) is 75.9 cm³/mol. The van der Waals surface area contributed by atoms with Crippen molar-refractivity contribution in [2.24, 2.45) is 0 Å². The van der Waals surface area contributed by atoms with Crippen LogP contribution in [-0.4, -0.2) is 38.7 Å². The number of benzene rings is 1. The zero-order chi connectivity index (χ0) is 15.4. The highest BCUT2D eigenvalue weighted by atomic mass is 16.5. The summed E-state index contributed by atoms with van der Waals surface area (Å²) < 4.78 is 6.25. The molecule has 0 spiro atoms. The number of rotatable bonds is 5. The van der Waals surface area contributed by atoms with Crippen molar-refractivity contribution in [1.29, 1.82) is 0 Å². The highest BCUT2D eigenvalue weighted by Gasteiger charge is 2.28. The fourth-order valence-corrected chi connectivity index (χ4v) is 1.94. The van der Waals surface area contributed by atoms with Gasteiger partial charge in [0.2, 0.25) is 0 Å². The normalized spacial score (nSPS) is 13.7. The molecule has 0 amide bonds. The van der Waals surface area contributed by atoms with E-state index < -0.39 is 18.2 Å². The summed E-state index contributed by atoms with van der Waals surface area (Å²) in [5.74, 6) is -0.853. The van der Waals surface area contributed by atoms with E-state index in [1.54, 1.807) is 17.8 Å². The lowest BCUT2D eigenvalue weighted by molar-refractivity contribution is -0.159. The molecule has 0 saturated carbocycles. The van der Waals surface area contributed by atoms with Crippen LogP contribution in [-0.2, 0) is 9.53 Å². The van der Waals surface area contributed by atoms with Crippen LogP contribution in [0.15, 0.2) is 36.7 Å². The summed E-state index contributed by atoms with van der Waals surface area (Å²) in [6, 6.07) is 7.67. The molecule has 2 unspecified atom stereocenters. The van der Waals surface area contributed by atoms with Crippen LogP contribution < -0.4 is 0 Å². The lowest BCUT2D eigenvalue weighted by Crippen LogP contribution is -2.29. The molecule has 0 radical (unpaired) electrons. The van der Waals surface area contributed by atoms with Gasteiger partial charge in [0.05, 0.1) is 18.5 Å². The van der Waals surface area contributed by atoms with E-state index in [1.165, 1.54) is 6.20 Å². The summed E-state index contributed by atoms with van der Waals surface area (Å²) in [4.78, 5) is 11.4. The Morgan fingerprint density at radius 2 is 2.19 bits per heavy atom. The Balaban J connectivity index is 2.17. The number of hydrogen-bond acceptors (Lipinski definition) is 5. The first kappa shape index (κ1) is 15.2. The number of carbonyl (C=O) groups excluding carboxylic acids is 1. The number of aryl methyl sites for hydroxylation is 1. The molecule has 0 aliphatic heterocycles. The molecule has 1 aromatic heterocycles. The van der Waals surface area contributed by atoms with E-state index in [-0.39, 0.29) is 6.61 Å². The number of aromatic nitrogens is 2. The third kappa shape index (κ3) is 3.48. The van der Waals surface area contributed by atoms with Crippen LogP contribution in [0.3, 0.4) is 0 Å². The van der Waals surface area contributed by atoms with Crippen molar-refractivity contribution in [2.45, 2.75) is 26.1 Å². The maximum Gasteiger partial charge on any atom is 0.338 e. The lowest BCUT2D eigenvalue weighted by Gasteiger charge is -2.14. The molecule has 6 nitrogen and oxygen atoms in total. The van der Waals surface area contributed by atoms with Gasteiger partial charge in [-0.3, -0.25) is 0 Å². The van der Waals surface area contributed by atoms with Crippen molar-refractivity contribution in [1.82, 2.24) is 9.78 Å². The van der Waals surface area contributed by atoms with E-state index in [0.29, 0.717) is 5.56 Å². The van der Waals surface area contributed by atoms with Gasteiger partial charge in [-0.1, -0.05) is 12.1 Å². The SMILES string of the molecule is CCOC(=O)C(O)C(O)c1cnn(-c2cccc(C)c2)c1. The molecule has 2 rings (SSSR count). The van der Waals surface area contributed by atoms with Gasteiger partial charge < -0.3 is 14.9 Å². The molecule has 1 aromatic carbocycles. The summed E-state index contributed by atoms with van der Waals surface area (Å²) in [6.07, 6.45) is -0.0140. The minimum atomic E-state index is -1.62. The van der Waals surface area contributed by atoms with Crippen molar-refractivity contribution >= 4 is 5.97 Å². The van der Waals surface area contributed by atoms with E-state index in [9.17, 15) is 15.0 Å². The van der Waals surface area contributed by atoms with E-state index >= 15 is 0 Å². The van der Waals surface area contributed by atoms with Crippen LogP contribution >= 0.6 is 0 Å². The third-order valence-corrected chi connectivity index (χ3v) is 3.04. The number of esters is 1. The number of ether oxygens (including phenoxy) is 1. The Kier molecular flexibility index (Phi) is 4.72. The van der Waals surface area contributed by atoms with Gasteiger partial charge in [0.25, 0.3) is 0 Å². The van der Waals surface area contributed by atoms with Crippen molar-refractivity contribution in [3.05, 3.63) is 47.8 Å². The largest absolute Gasteiger partial charge is 0.464 e. The molecule has 6 heteroatoms. The van der Waals surface area contributed by atoms with E-state index in [0.717, 1.165) is 11.3 Å². The smallest absolute Gasteiger partial charge is 0.338 e. The number of nitrogens with zero attached hydrogens (tertiary/aromatic N) is 2. The maximum atomic E-state index is 11.4. The molecule has 1 heterocycles. The lowest BCUT2D eigenvalue weighted by atomic mass is 10.1. The summed E-state index contributed by atoms with van der Waals surface area (Å²) in [5.41, 5.74) is 2.26. The van der Waals surface area contributed by atoms with Crippen molar-refractivity contribution in [2.75, 3.05) is 6.61 Å². The van der Waals surface area contributed by atoms with Crippen LogP contribution in [0.2, 0.25) is 0 Å². The molecular weight excluding hydrogens is 272 g/mol. The monoisotopic (exact) mass is 290 g/mol. The summed E-state index contributed by atoms with van der Waals surface area (Å²) in [5, 5.41) is 23.9. The summed E-state index contributed by atoms with van der Waals surface area (Å²) in [6.45, 7) is 3.74. The first-order valence-electron chi connectivity index (χ1n) is 6.67. The van der Waals surface area contributed by atoms with Gasteiger partial charge >= 0.3 is 5.97 Å². The second kappa shape index (κ2) is 6.51. The van der Waals surface area contributed by atoms with Gasteiger partial charge in [0.1, 0.15) is 6.10 Å². The first-order chi connectivity index (χ1) is 10.0. The second-order valence-corrected chi connectivity index (χ2v) is 4.70. The summed E-state index contributed by atoms with van der Waals surface area (Å²) >= 11 is 0. The molecule has 2 aromatic rings. The van der Waals surface area contributed by atoms with Gasteiger partial charge in [-0.15, -0.1) is 0 Å². The van der Waals surface area contributed by atoms with Crippen LogP contribution in [0.5, 0.6) is 0 Å². The van der Waals surface area contributed by atoms with Crippen molar-refractivity contribution < 1.29 is 19.7 Å². The molecule has 0 bridgehead atoms. The van der Waals surface area contributed by atoms with E-state index in [4.69, 9.17) is 0 Å². The topological polar surface area (TPSA) is 84.6 Å². The molecule has 0 saturated heterocycles. The third-order valence-electron chi connectivity index (χ3n) is 3.04. The standard InChI is InChI=1S/C15H18N2O4/c1-3-21-15(20)14(19)13(18)11-8-16-17(9-11)12-6-4-5-10(2)7-12/h4-9,13-14,18-19H,3H2,1-2H3. The molecule has 0 fully saturated rings. The Hall–Kier alpha value is -2.18. The van der Waals surface area contributed by atoms with Gasteiger partial charge in [-0.05, 0) is 31.5 Å². The van der Waals surface area contributed by atoms with Gasteiger partial charge in [-0.25, -0.2) is 9.48 Å². The van der Waals surface area contributed by atoms with E-state index in [1.807, 2.05) is 31.2 Å². The van der Waals surface area contributed by atoms with E-state index in [2.05, 4.69) is 9.84 Å². The van der Waals surface area contributed by atoms with Crippen LogP contribution in [0.4, 0.5) is 0 Å². The number of aliphatic hydroxyl groups is 2. The quantitative estimate of drug-likeness (QED) is 0.807. The maximum absolute atomic E-state index is 11.4. The van der Waals surface area contributed by atoms with Crippen LogP contribution in [0.25, 0.3) is 5.69 Å². The zero-order valence-electron chi connectivity index (χ0n) is 11.9. The molecule has 0 aliphatic carbocycles. The fourth-order valence-electron chi connectivity index (χ4n) is 1.94. The molecule has 21 heavy (non-hydrogen) atoms. The average Bonchev–Trinajstić information content (AvgIpc) is 2.95. The fraction of sp³-hybridized carbons (Fsp3) is 0.333. The average molecular weight is 290 g/mol. The molecular formula is C15H18N2O4. The second-order valence-electron chi connectivity index (χ2n) is 4.70. The Labute approximate surface area is 122 Å². The van der Waals surface area contributed by atoms with Crippen molar-refractivity contribution in [3.8, 4) is 5.69 Å². The number of carbonyl (C=O) groups is 1. The minimum Gasteiger partial charge on any atom is -0.464 e. The Morgan fingerprint density at radius 1 is 1.43 bits per heavy atom. The molecule has 0 aliphatic rings. The Bertz CT molecular complexity index is 624. The highest BCUT2D eigenvalue weighted by molar-refractivity contribution is 5.75. The molecule has 2 N–H and O–H groups in total. The van der Waals surface area contributed by atoms with Crippen LogP contribution in [0.1, 0.15) is 24.2 Å². The molecule has 112 valence electrons. The van der Waals surface area contributed by atoms with Gasteiger partial charge in [0, 0.05) is 11.8 Å². The zero-order valence-corrected chi connectivity index (χ0v) is 11.9. The summed E-state index contributed by atoms with van der Waals surface area (Å²) in [7, 11) is 0. The first-order valence-corrected chi connectivity index (χ1v) is 6.67. The van der Waals surface area contributed by atoms with Gasteiger partial charge in [0.15, 0.2) is 6.10 Å². The van der Waals surface area contributed by atoms with Crippen molar-refractivity contribution in [3.63, 3.8) is 0 Å². The number of aliphatic hydroxyl groups excluding tert-OH is 2. The minimum absolute atomic E-state index is 0.144. The predicted octanol–water partition coefficient (Wildman–Crippen LogP) is 1.14. The van der Waals surface area contributed by atoms with Gasteiger partial charge in [-0.2, -0.15) is 5.10 Å². The Morgan fingerprint density at radius 3 is 2.86 bits per heavy atom. The highest BCUT2D eigenvalue weighted by Crippen LogP contribution is 2.19.